The van der Waals surface area contributed by atoms with Crippen LogP contribution in [0.3, 0.4) is 0 Å². The largest absolute Gasteiger partial charge is 0.492 e. The highest BCUT2D eigenvalue weighted by molar-refractivity contribution is 8.00. The number of nitrogens with zero attached hydrogens (tertiary/aromatic N) is 4. The lowest BCUT2D eigenvalue weighted by Gasteiger charge is -2.09. The Kier molecular flexibility index (Phi) is 5.91. The molecule has 0 amide bonds. The maximum absolute atomic E-state index is 13.5. The first kappa shape index (κ1) is 19.6. The number of hydrogen-bond donors (Lipinski definition) is 1. The molecule has 4 rings (SSSR count). The standard InChI is InChI=1S/C19H17F2N5OS2/c1-2-27-15-10-6-4-8-13(15)23-18-24-25-19(29-18)28-11-16-22-12-7-3-5-9-14(12)26(16)17(20)21/h3-10,17H,2,11H2,1H3,(H,23,24). The first-order valence-corrected chi connectivity index (χ1v) is 10.6. The van der Waals surface area contributed by atoms with Crippen molar-refractivity contribution < 1.29 is 13.5 Å². The number of thioether (sulfide) groups is 1. The molecule has 0 radical (unpaired) electrons. The first-order valence-electron chi connectivity index (χ1n) is 8.85. The van der Waals surface area contributed by atoms with Crippen LogP contribution in [0.15, 0.2) is 52.9 Å². The molecule has 1 N–H and O–H groups in total. The SMILES string of the molecule is CCOc1ccccc1Nc1nnc(SCc2nc3ccccc3n2C(F)F)s1. The van der Waals surface area contributed by atoms with Crippen molar-refractivity contribution in [2.75, 3.05) is 11.9 Å². The summed E-state index contributed by atoms with van der Waals surface area (Å²) >= 11 is 2.67. The van der Waals surface area contributed by atoms with Gasteiger partial charge in [-0.1, -0.05) is 47.4 Å². The number of imidazole rings is 1. The lowest BCUT2D eigenvalue weighted by atomic mass is 10.3. The Bertz CT molecular complexity index is 1110. The van der Waals surface area contributed by atoms with Gasteiger partial charge < -0.3 is 10.1 Å². The van der Waals surface area contributed by atoms with Gasteiger partial charge in [-0.3, -0.25) is 4.57 Å². The van der Waals surface area contributed by atoms with Crippen molar-refractivity contribution in [2.24, 2.45) is 0 Å². The van der Waals surface area contributed by atoms with E-state index in [1.54, 1.807) is 24.3 Å². The van der Waals surface area contributed by atoms with E-state index in [1.165, 1.54) is 23.1 Å². The zero-order valence-electron chi connectivity index (χ0n) is 15.4. The van der Waals surface area contributed by atoms with E-state index in [0.717, 1.165) is 16.0 Å². The molecule has 0 aliphatic rings. The summed E-state index contributed by atoms with van der Waals surface area (Å²) in [6.45, 7) is -0.177. The third-order valence-electron chi connectivity index (χ3n) is 4.02. The number of halogens is 2. The van der Waals surface area contributed by atoms with Crippen LogP contribution in [0.25, 0.3) is 11.0 Å². The molecular formula is C19H17F2N5OS2. The van der Waals surface area contributed by atoms with E-state index >= 15 is 0 Å². The molecular weight excluding hydrogens is 416 g/mol. The minimum Gasteiger partial charge on any atom is -0.492 e. The molecule has 150 valence electrons. The van der Waals surface area contributed by atoms with Crippen molar-refractivity contribution in [1.82, 2.24) is 19.7 Å². The van der Waals surface area contributed by atoms with Gasteiger partial charge in [0.1, 0.15) is 11.6 Å². The van der Waals surface area contributed by atoms with Crippen LogP contribution in [0.4, 0.5) is 19.6 Å². The quantitative estimate of drug-likeness (QED) is 0.359. The molecule has 2 aromatic heterocycles. The fraction of sp³-hybridized carbons (Fsp3) is 0.211. The number of fused-ring (bicyclic) bond motifs is 1. The number of benzene rings is 2. The van der Waals surface area contributed by atoms with Gasteiger partial charge in [-0.2, -0.15) is 8.78 Å². The maximum Gasteiger partial charge on any atom is 0.320 e. The maximum atomic E-state index is 13.5. The normalized spacial score (nSPS) is 11.3. The van der Waals surface area contributed by atoms with Gasteiger partial charge in [0.25, 0.3) is 0 Å². The van der Waals surface area contributed by atoms with Crippen molar-refractivity contribution in [2.45, 2.75) is 23.6 Å². The molecule has 0 fully saturated rings. The number of para-hydroxylation sites is 4. The fourth-order valence-electron chi connectivity index (χ4n) is 2.83. The summed E-state index contributed by atoms with van der Waals surface area (Å²) in [6, 6.07) is 14.4. The van der Waals surface area contributed by atoms with Gasteiger partial charge in [0, 0.05) is 0 Å². The lowest BCUT2D eigenvalue weighted by molar-refractivity contribution is 0.0722. The average Bonchev–Trinajstić information content (AvgIpc) is 3.32. The molecule has 2 aromatic carbocycles. The summed E-state index contributed by atoms with van der Waals surface area (Å²) in [5.74, 6) is 1.30. The molecule has 0 unspecified atom stereocenters. The van der Waals surface area contributed by atoms with Gasteiger partial charge in [0.2, 0.25) is 5.13 Å². The number of anilines is 2. The molecule has 6 nitrogen and oxygen atoms in total. The third-order valence-corrected chi connectivity index (χ3v) is 5.99. The van der Waals surface area contributed by atoms with Gasteiger partial charge in [0.05, 0.1) is 29.1 Å². The van der Waals surface area contributed by atoms with Crippen LogP contribution in [0.1, 0.15) is 19.3 Å². The molecule has 0 saturated carbocycles. The second-order valence-corrected chi connectivity index (χ2v) is 8.08. The molecule has 4 aromatic rings. The molecule has 0 saturated heterocycles. The monoisotopic (exact) mass is 433 g/mol. The Balaban J connectivity index is 1.48. The Labute approximate surface area is 173 Å². The summed E-state index contributed by atoms with van der Waals surface area (Å²) in [7, 11) is 0. The van der Waals surface area contributed by atoms with Crippen molar-refractivity contribution in [3.8, 4) is 5.75 Å². The third kappa shape index (κ3) is 4.33. The van der Waals surface area contributed by atoms with Gasteiger partial charge in [-0.05, 0) is 31.2 Å². The molecule has 0 aliphatic carbocycles. The van der Waals surface area contributed by atoms with E-state index in [4.69, 9.17) is 4.74 Å². The van der Waals surface area contributed by atoms with Crippen molar-refractivity contribution in [3.63, 3.8) is 0 Å². The van der Waals surface area contributed by atoms with Crippen molar-refractivity contribution in [1.29, 1.82) is 0 Å². The minimum absolute atomic E-state index is 0.267. The van der Waals surface area contributed by atoms with Crippen molar-refractivity contribution >= 4 is 45.0 Å². The highest BCUT2D eigenvalue weighted by Gasteiger charge is 2.18. The zero-order chi connectivity index (χ0) is 20.2. The van der Waals surface area contributed by atoms with E-state index in [9.17, 15) is 8.78 Å². The predicted molar refractivity (Wildman–Crippen MR) is 111 cm³/mol. The van der Waals surface area contributed by atoms with Crippen LogP contribution in [-0.2, 0) is 5.75 Å². The van der Waals surface area contributed by atoms with E-state index in [0.29, 0.717) is 32.9 Å². The fourth-order valence-corrected chi connectivity index (χ4v) is 4.52. The van der Waals surface area contributed by atoms with Crippen LogP contribution in [0, 0.1) is 0 Å². The van der Waals surface area contributed by atoms with Crippen molar-refractivity contribution in [3.05, 3.63) is 54.4 Å². The van der Waals surface area contributed by atoms with E-state index in [2.05, 4.69) is 20.5 Å². The smallest absolute Gasteiger partial charge is 0.320 e. The summed E-state index contributed by atoms with van der Waals surface area (Å²) in [5, 5.41) is 12.1. The second-order valence-electron chi connectivity index (χ2n) is 5.88. The lowest BCUT2D eigenvalue weighted by Crippen LogP contribution is -2.03. The number of alkyl halides is 2. The summed E-state index contributed by atoms with van der Waals surface area (Å²) < 4.78 is 34.3. The first-order chi connectivity index (χ1) is 14.2. The predicted octanol–water partition coefficient (Wildman–Crippen LogP) is 5.72. The summed E-state index contributed by atoms with van der Waals surface area (Å²) in [4.78, 5) is 4.34. The summed E-state index contributed by atoms with van der Waals surface area (Å²) in [6.07, 6.45) is 0. The number of nitrogens with one attached hydrogen (secondary N) is 1. The molecule has 0 bridgehead atoms. The molecule has 29 heavy (non-hydrogen) atoms. The van der Waals surface area contributed by atoms with Gasteiger partial charge >= 0.3 is 6.55 Å². The minimum atomic E-state index is -2.65. The van der Waals surface area contributed by atoms with Crippen LogP contribution < -0.4 is 10.1 Å². The molecule has 0 atom stereocenters. The van der Waals surface area contributed by atoms with Gasteiger partial charge in [0.15, 0.2) is 4.34 Å². The zero-order valence-corrected chi connectivity index (χ0v) is 17.0. The van der Waals surface area contributed by atoms with Gasteiger partial charge in [-0.25, -0.2) is 4.98 Å². The number of aromatic nitrogens is 4. The Hall–Kier alpha value is -2.72. The highest BCUT2D eigenvalue weighted by Crippen LogP contribution is 2.34. The van der Waals surface area contributed by atoms with E-state index in [-0.39, 0.29) is 5.75 Å². The second kappa shape index (κ2) is 8.75. The molecule has 10 heteroatoms. The Morgan fingerprint density at radius 1 is 1.14 bits per heavy atom. The van der Waals surface area contributed by atoms with Gasteiger partial charge in [-0.15, -0.1) is 10.2 Å². The Morgan fingerprint density at radius 2 is 1.93 bits per heavy atom. The molecule has 2 heterocycles. The Morgan fingerprint density at radius 3 is 2.76 bits per heavy atom. The molecule has 0 aliphatic heterocycles. The number of ether oxygens (including phenoxy) is 1. The average molecular weight is 434 g/mol. The highest BCUT2D eigenvalue weighted by atomic mass is 32.2. The topological polar surface area (TPSA) is 64.9 Å². The summed E-state index contributed by atoms with van der Waals surface area (Å²) in [5.41, 5.74) is 1.77. The van der Waals surface area contributed by atoms with Crippen LogP contribution in [-0.4, -0.2) is 26.4 Å². The molecule has 0 spiro atoms. The van der Waals surface area contributed by atoms with E-state index < -0.39 is 6.55 Å². The van der Waals surface area contributed by atoms with Crippen LogP contribution in [0.5, 0.6) is 5.75 Å². The number of hydrogen-bond acceptors (Lipinski definition) is 7. The number of rotatable bonds is 8. The van der Waals surface area contributed by atoms with Crippen LogP contribution in [0.2, 0.25) is 0 Å². The van der Waals surface area contributed by atoms with E-state index in [1.807, 2.05) is 31.2 Å². The van der Waals surface area contributed by atoms with Crippen LogP contribution >= 0.6 is 23.1 Å².